The number of hydrogen-bond donors (Lipinski definition) is 2. The molecule has 1 amide bonds. The summed E-state index contributed by atoms with van der Waals surface area (Å²) in [4.78, 5) is 18.9. The minimum Gasteiger partial charge on any atom is -0.377 e. The molecule has 1 heterocycles. The van der Waals surface area contributed by atoms with Crippen molar-refractivity contribution in [3.05, 3.63) is 52.4 Å². The Hall–Kier alpha value is -2.05. The van der Waals surface area contributed by atoms with Crippen LogP contribution in [0.15, 0.2) is 30.5 Å². The number of halogens is 3. The van der Waals surface area contributed by atoms with Crippen molar-refractivity contribution in [2.75, 3.05) is 30.9 Å². The van der Waals surface area contributed by atoms with Crippen LogP contribution >= 0.6 is 24.0 Å². The minimum absolute atomic E-state index is 0. The average molecular weight is 455 g/mol. The Balaban J connectivity index is 0.00000320. The Kier molecular flexibility index (Phi) is 8.74. The van der Waals surface area contributed by atoms with Crippen LogP contribution in [0.25, 0.3) is 0 Å². The summed E-state index contributed by atoms with van der Waals surface area (Å²) >= 11 is 5.76. The number of hydrogen-bond acceptors (Lipinski definition) is 4. The molecule has 1 aliphatic carbocycles. The van der Waals surface area contributed by atoms with E-state index in [9.17, 15) is 9.18 Å². The van der Waals surface area contributed by atoms with Gasteiger partial charge in [-0.3, -0.25) is 4.79 Å². The molecule has 2 aromatic rings. The fraction of sp³-hybridized carbons (Fsp3) is 0.455. The molecular weight excluding hydrogens is 426 g/mol. The highest BCUT2D eigenvalue weighted by atomic mass is 35.5. The van der Waals surface area contributed by atoms with Gasteiger partial charge in [-0.2, -0.15) is 0 Å². The zero-order valence-corrected chi connectivity index (χ0v) is 19.1. The molecule has 3 rings (SSSR count). The van der Waals surface area contributed by atoms with Crippen LogP contribution in [0.3, 0.4) is 0 Å². The van der Waals surface area contributed by atoms with E-state index in [2.05, 4.69) is 33.5 Å². The molecule has 30 heavy (non-hydrogen) atoms. The fourth-order valence-electron chi connectivity index (χ4n) is 3.77. The van der Waals surface area contributed by atoms with Gasteiger partial charge in [-0.25, -0.2) is 9.37 Å². The molecule has 0 saturated heterocycles. The number of pyridine rings is 1. The summed E-state index contributed by atoms with van der Waals surface area (Å²) in [5.41, 5.74) is 2.70. The van der Waals surface area contributed by atoms with Gasteiger partial charge in [0.25, 0.3) is 5.91 Å². The lowest BCUT2D eigenvalue weighted by molar-refractivity contribution is 0.0943. The van der Waals surface area contributed by atoms with Crippen LogP contribution in [0.4, 0.5) is 15.9 Å². The lowest BCUT2D eigenvalue weighted by Crippen LogP contribution is -2.34. The summed E-state index contributed by atoms with van der Waals surface area (Å²) in [5.74, 6) is 0.613. The average Bonchev–Trinajstić information content (AvgIpc) is 2.70. The van der Waals surface area contributed by atoms with Crippen LogP contribution in [0.1, 0.15) is 41.6 Å². The van der Waals surface area contributed by atoms with Gasteiger partial charge >= 0.3 is 0 Å². The number of amides is 1. The van der Waals surface area contributed by atoms with E-state index in [0.29, 0.717) is 24.1 Å². The van der Waals surface area contributed by atoms with Gasteiger partial charge < -0.3 is 15.5 Å². The van der Waals surface area contributed by atoms with Crippen molar-refractivity contribution in [2.24, 2.45) is 5.92 Å². The van der Waals surface area contributed by atoms with Crippen molar-refractivity contribution >= 4 is 41.4 Å². The summed E-state index contributed by atoms with van der Waals surface area (Å²) in [6, 6.07) is 6.52. The summed E-state index contributed by atoms with van der Waals surface area (Å²) in [7, 11) is 4.07. The number of carbonyl (C=O) groups excluding carboxylic acids is 1. The number of benzene rings is 1. The van der Waals surface area contributed by atoms with Crippen molar-refractivity contribution in [3.63, 3.8) is 0 Å². The Bertz CT molecular complexity index is 870. The largest absolute Gasteiger partial charge is 0.377 e. The zero-order valence-electron chi connectivity index (χ0n) is 17.5. The van der Waals surface area contributed by atoms with E-state index in [0.717, 1.165) is 37.1 Å². The van der Waals surface area contributed by atoms with Gasteiger partial charge in [0.1, 0.15) is 11.6 Å². The first-order chi connectivity index (χ1) is 13.8. The van der Waals surface area contributed by atoms with Gasteiger partial charge in [-0.05, 0) is 62.3 Å². The Morgan fingerprint density at radius 3 is 2.57 bits per heavy atom. The van der Waals surface area contributed by atoms with E-state index in [1.807, 2.05) is 20.3 Å². The van der Waals surface area contributed by atoms with Gasteiger partial charge in [0.05, 0.1) is 5.02 Å². The van der Waals surface area contributed by atoms with Crippen LogP contribution in [0.5, 0.6) is 0 Å². The van der Waals surface area contributed by atoms with E-state index < -0.39 is 5.82 Å². The molecule has 0 bridgehead atoms. The maximum absolute atomic E-state index is 13.2. The van der Waals surface area contributed by atoms with Gasteiger partial charge in [-0.15, -0.1) is 12.4 Å². The van der Waals surface area contributed by atoms with Crippen molar-refractivity contribution < 1.29 is 9.18 Å². The molecule has 1 saturated carbocycles. The molecule has 0 unspecified atom stereocenters. The quantitative estimate of drug-likeness (QED) is 0.639. The number of rotatable bonds is 6. The zero-order chi connectivity index (χ0) is 21.0. The first-order valence-electron chi connectivity index (χ1n) is 9.97. The molecular formula is C22H29Cl2FN4O. The third-order valence-electron chi connectivity index (χ3n) is 5.49. The van der Waals surface area contributed by atoms with E-state index in [1.165, 1.54) is 23.9 Å². The molecule has 1 aliphatic rings. The second-order valence-corrected chi connectivity index (χ2v) is 8.36. The highest BCUT2D eigenvalue weighted by Crippen LogP contribution is 2.27. The van der Waals surface area contributed by atoms with Gasteiger partial charge in [0.15, 0.2) is 0 Å². The number of anilines is 2. The van der Waals surface area contributed by atoms with Crippen molar-refractivity contribution in [3.8, 4) is 0 Å². The van der Waals surface area contributed by atoms with Gasteiger partial charge in [0, 0.05) is 50.2 Å². The number of aryl methyl sites for hydroxylation is 1. The fourth-order valence-corrected chi connectivity index (χ4v) is 3.95. The lowest BCUT2D eigenvalue weighted by Gasteiger charge is -2.30. The summed E-state index contributed by atoms with van der Waals surface area (Å²) < 4.78 is 13.2. The summed E-state index contributed by atoms with van der Waals surface area (Å²) in [5, 5.41) is 6.46. The molecule has 164 valence electrons. The maximum Gasteiger partial charge on any atom is 0.251 e. The van der Waals surface area contributed by atoms with Gasteiger partial charge in [-0.1, -0.05) is 11.6 Å². The predicted molar refractivity (Wildman–Crippen MR) is 124 cm³/mol. The second-order valence-electron chi connectivity index (χ2n) is 7.95. The van der Waals surface area contributed by atoms with E-state index in [-0.39, 0.29) is 23.3 Å². The van der Waals surface area contributed by atoms with E-state index in [4.69, 9.17) is 11.6 Å². The highest BCUT2D eigenvalue weighted by molar-refractivity contribution is 6.31. The molecule has 1 aromatic heterocycles. The van der Waals surface area contributed by atoms with Gasteiger partial charge in [0.2, 0.25) is 0 Å². The van der Waals surface area contributed by atoms with Crippen molar-refractivity contribution in [1.82, 2.24) is 10.3 Å². The minimum atomic E-state index is -0.519. The number of nitrogens with one attached hydrogen (secondary N) is 2. The molecule has 1 aromatic carbocycles. The standard InChI is InChI=1S/C22H28ClFN4O.ClH/c1-14-12-25-21(11-20(14)28(2)3)27-17-7-4-15(5-8-17)13-26-22(29)16-6-9-19(24)18(23)10-16;/h6,9-12,15,17H,4-5,7-8,13H2,1-3H3,(H,25,27)(H,26,29);1H. The third-order valence-corrected chi connectivity index (χ3v) is 5.78. The number of aromatic nitrogens is 1. The Morgan fingerprint density at radius 1 is 1.23 bits per heavy atom. The normalized spacial score (nSPS) is 18.3. The third kappa shape index (κ3) is 6.22. The van der Waals surface area contributed by atoms with Crippen LogP contribution in [-0.4, -0.2) is 37.6 Å². The molecule has 0 atom stereocenters. The Morgan fingerprint density at radius 2 is 1.93 bits per heavy atom. The highest BCUT2D eigenvalue weighted by Gasteiger charge is 2.22. The van der Waals surface area contributed by atoms with Crippen molar-refractivity contribution in [2.45, 2.75) is 38.6 Å². The molecule has 1 fully saturated rings. The Labute approximate surface area is 188 Å². The molecule has 8 heteroatoms. The maximum atomic E-state index is 13.2. The molecule has 2 N–H and O–H groups in total. The first-order valence-corrected chi connectivity index (χ1v) is 10.3. The van der Waals surface area contributed by atoms with Crippen LogP contribution in [-0.2, 0) is 0 Å². The number of carbonyl (C=O) groups is 1. The van der Waals surface area contributed by atoms with Crippen LogP contribution in [0.2, 0.25) is 5.02 Å². The molecule has 0 radical (unpaired) electrons. The first kappa shape index (κ1) is 24.2. The van der Waals surface area contributed by atoms with E-state index in [1.54, 1.807) is 0 Å². The second kappa shape index (κ2) is 10.8. The molecule has 5 nitrogen and oxygen atoms in total. The summed E-state index contributed by atoms with van der Waals surface area (Å²) in [6.45, 7) is 2.68. The smallest absolute Gasteiger partial charge is 0.251 e. The summed E-state index contributed by atoms with van der Waals surface area (Å²) in [6.07, 6.45) is 6.05. The molecule has 0 aliphatic heterocycles. The topological polar surface area (TPSA) is 57.3 Å². The molecule has 0 spiro atoms. The monoisotopic (exact) mass is 454 g/mol. The van der Waals surface area contributed by atoms with Crippen molar-refractivity contribution in [1.29, 1.82) is 0 Å². The number of nitrogens with zero attached hydrogens (tertiary/aromatic N) is 2. The predicted octanol–water partition coefficient (Wildman–Crippen LogP) is 5.07. The van der Waals surface area contributed by atoms with E-state index >= 15 is 0 Å². The SMILES string of the molecule is Cc1cnc(NC2CCC(CNC(=O)c3ccc(F)c(Cl)c3)CC2)cc1N(C)C.Cl. The lowest BCUT2D eigenvalue weighted by atomic mass is 9.86. The van der Waals surface area contributed by atoms with Crippen LogP contribution < -0.4 is 15.5 Å². The van der Waals surface area contributed by atoms with Crippen LogP contribution in [0, 0.1) is 18.7 Å².